The van der Waals surface area contributed by atoms with Crippen LogP contribution in [0, 0.1) is 0 Å². The third-order valence-electron chi connectivity index (χ3n) is 4.96. The fourth-order valence-electron chi connectivity index (χ4n) is 3.38. The molecule has 156 valence electrons. The quantitative estimate of drug-likeness (QED) is 0.646. The van der Waals surface area contributed by atoms with E-state index in [2.05, 4.69) is 10.5 Å². The van der Waals surface area contributed by atoms with E-state index in [9.17, 15) is 13.2 Å². The highest BCUT2D eigenvalue weighted by Gasteiger charge is 2.29. The van der Waals surface area contributed by atoms with Crippen LogP contribution in [0.25, 0.3) is 11.3 Å². The number of nitrogens with zero attached hydrogens (tertiary/aromatic N) is 2. The van der Waals surface area contributed by atoms with E-state index in [0.717, 1.165) is 5.56 Å². The van der Waals surface area contributed by atoms with Gasteiger partial charge in [0.25, 0.3) is 5.91 Å². The Morgan fingerprint density at radius 3 is 2.50 bits per heavy atom. The molecule has 0 spiro atoms. The van der Waals surface area contributed by atoms with Crippen molar-refractivity contribution in [2.45, 2.75) is 25.3 Å². The maximum Gasteiger partial charge on any atom is 0.278 e. The first-order chi connectivity index (χ1) is 14.5. The molecule has 1 amide bonds. The van der Waals surface area contributed by atoms with Crippen molar-refractivity contribution >= 4 is 21.6 Å². The number of amides is 1. The number of aromatic nitrogens is 1. The summed E-state index contributed by atoms with van der Waals surface area (Å²) in [5.74, 6) is 0.739. The highest BCUT2D eigenvalue weighted by molar-refractivity contribution is 7.89. The Morgan fingerprint density at radius 1 is 1.10 bits per heavy atom. The number of hydrogen-bond acceptors (Lipinski definition) is 6. The molecule has 1 aliphatic rings. The summed E-state index contributed by atoms with van der Waals surface area (Å²) >= 11 is 0. The Hall–Kier alpha value is -3.17. The minimum Gasteiger partial charge on any atom is -0.488 e. The van der Waals surface area contributed by atoms with Gasteiger partial charge >= 0.3 is 0 Å². The molecule has 9 heteroatoms. The van der Waals surface area contributed by atoms with Gasteiger partial charge in [0.15, 0.2) is 11.5 Å². The fraction of sp³-hybridized carbons (Fsp3) is 0.238. The van der Waals surface area contributed by atoms with Gasteiger partial charge in [-0.2, -0.15) is 4.31 Å². The molecule has 1 N–H and O–H groups in total. The van der Waals surface area contributed by atoms with E-state index in [1.54, 1.807) is 26.0 Å². The van der Waals surface area contributed by atoms with Crippen LogP contribution in [0.5, 0.6) is 5.75 Å². The number of sulfonamides is 1. The minimum atomic E-state index is -3.55. The average molecular weight is 427 g/mol. The Bertz CT molecular complexity index is 1180. The van der Waals surface area contributed by atoms with Crippen LogP contribution in [-0.4, -0.2) is 36.9 Å². The Balaban J connectivity index is 1.54. The van der Waals surface area contributed by atoms with Gasteiger partial charge in [-0.1, -0.05) is 31.1 Å². The lowest BCUT2D eigenvalue weighted by Crippen LogP contribution is -2.30. The first kappa shape index (κ1) is 20.1. The summed E-state index contributed by atoms with van der Waals surface area (Å²) in [4.78, 5) is 12.9. The highest BCUT2D eigenvalue weighted by Crippen LogP contribution is 2.38. The summed E-state index contributed by atoms with van der Waals surface area (Å²) in [5, 5.41) is 6.65. The molecular weight excluding hydrogens is 406 g/mol. The second-order valence-electron chi connectivity index (χ2n) is 6.69. The lowest BCUT2D eigenvalue weighted by molar-refractivity contribution is 0.101. The summed E-state index contributed by atoms with van der Waals surface area (Å²) in [6, 6.07) is 13.4. The van der Waals surface area contributed by atoms with Crippen LogP contribution in [-0.2, 0) is 16.6 Å². The Labute approximate surface area is 174 Å². The van der Waals surface area contributed by atoms with Crippen LogP contribution < -0.4 is 10.1 Å². The average Bonchev–Trinajstić information content (AvgIpc) is 3.19. The van der Waals surface area contributed by atoms with Crippen LogP contribution in [0.3, 0.4) is 0 Å². The maximum atomic E-state index is 12.7. The lowest BCUT2D eigenvalue weighted by atomic mass is 10.0. The van der Waals surface area contributed by atoms with Crippen molar-refractivity contribution < 1.29 is 22.5 Å². The van der Waals surface area contributed by atoms with E-state index in [-0.39, 0.29) is 17.2 Å². The third-order valence-corrected chi connectivity index (χ3v) is 7.03. The molecule has 1 aromatic heterocycles. The van der Waals surface area contributed by atoms with Crippen molar-refractivity contribution in [2.75, 3.05) is 18.4 Å². The second-order valence-corrected chi connectivity index (χ2v) is 8.63. The number of hydrogen-bond donors (Lipinski definition) is 1. The smallest absolute Gasteiger partial charge is 0.278 e. The standard InChI is InChI=1S/C21H21N3O5S/c1-3-24(4-2)30(26,27)15-11-9-14(10-12-15)22-21(25)19-17-13-28-18-8-6-5-7-16(18)20(17)29-23-19/h5-12H,3-4,13H2,1-2H3,(H,22,25). The summed E-state index contributed by atoms with van der Waals surface area (Å²) < 4.78 is 37.6. The molecule has 3 aromatic rings. The lowest BCUT2D eigenvalue weighted by Gasteiger charge is -2.18. The van der Waals surface area contributed by atoms with Crippen molar-refractivity contribution in [3.63, 3.8) is 0 Å². The van der Waals surface area contributed by atoms with Crippen molar-refractivity contribution in [3.05, 3.63) is 59.8 Å². The van der Waals surface area contributed by atoms with Gasteiger partial charge in [-0.15, -0.1) is 0 Å². The molecule has 0 radical (unpaired) electrons. The van der Waals surface area contributed by atoms with Crippen LogP contribution in [0.2, 0.25) is 0 Å². The molecule has 4 rings (SSSR count). The van der Waals surface area contributed by atoms with E-state index in [1.807, 2.05) is 24.3 Å². The van der Waals surface area contributed by atoms with Crippen LogP contribution in [0.15, 0.2) is 57.9 Å². The predicted octanol–water partition coefficient (Wildman–Crippen LogP) is 3.52. The van der Waals surface area contributed by atoms with Gasteiger partial charge in [0.1, 0.15) is 12.4 Å². The van der Waals surface area contributed by atoms with Crippen molar-refractivity contribution in [3.8, 4) is 17.1 Å². The Morgan fingerprint density at radius 2 is 1.80 bits per heavy atom. The SMILES string of the molecule is CCN(CC)S(=O)(=O)c1ccc(NC(=O)c2noc3c2COc2ccccc2-3)cc1. The summed E-state index contributed by atoms with van der Waals surface area (Å²) in [6.45, 7) is 4.53. The molecule has 0 atom stereocenters. The molecule has 0 saturated heterocycles. The van der Waals surface area contributed by atoms with Gasteiger partial charge in [0.05, 0.1) is 16.0 Å². The predicted molar refractivity (Wildman–Crippen MR) is 111 cm³/mol. The molecule has 0 bridgehead atoms. The van der Waals surface area contributed by atoms with Crippen LogP contribution in [0.4, 0.5) is 5.69 Å². The van der Waals surface area contributed by atoms with E-state index in [1.165, 1.54) is 16.4 Å². The maximum absolute atomic E-state index is 12.7. The molecule has 2 heterocycles. The molecule has 0 unspecified atom stereocenters. The molecular formula is C21H21N3O5S. The van der Waals surface area contributed by atoms with Crippen LogP contribution in [0.1, 0.15) is 29.9 Å². The van der Waals surface area contributed by atoms with E-state index in [4.69, 9.17) is 9.26 Å². The monoisotopic (exact) mass is 427 g/mol. The Kier molecular flexibility index (Phi) is 5.31. The van der Waals surface area contributed by atoms with Gasteiger partial charge in [-0.3, -0.25) is 4.79 Å². The number of nitrogens with one attached hydrogen (secondary N) is 1. The first-order valence-electron chi connectivity index (χ1n) is 9.58. The van der Waals surface area contributed by atoms with Crippen molar-refractivity contribution in [2.24, 2.45) is 0 Å². The molecule has 0 fully saturated rings. The fourth-order valence-corrected chi connectivity index (χ4v) is 4.83. The molecule has 2 aromatic carbocycles. The molecule has 1 aliphatic heterocycles. The normalized spacial score (nSPS) is 12.8. The summed E-state index contributed by atoms with van der Waals surface area (Å²) in [7, 11) is -3.55. The minimum absolute atomic E-state index is 0.138. The molecule has 30 heavy (non-hydrogen) atoms. The molecule has 0 aliphatic carbocycles. The van der Waals surface area contributed by atoms with Gasteiger partial charge in [0, 0.05) is 18.8 Å². The van der Waals surface area contributed by atoms with E-state index in [0.29, 0.717) is 35.9 Å². The number of carbonyl (C=O) groups excluding carboxylic acids is 1. The molecule has 0 saturated carbocycles. The van der Waals surface area contributed by atoms with Crippen molar-refractivity contribution in [1.82, 2.24) is 9.46 Å². The van der Waals surface area contributed by atoms with E-state index >= 15 is 0 Å². The van der Waals surface area contributed by atoms with Crippen LogP contribution >= 0.6 is 0 Å². The third kappa shape index (κ3) is 3.46. The number of benzene rings is 2. The zero-order valence-corrected chi connectivity index (χ0v) is 17.4. The summed E-state index contributed by atoms with van der Waals surface area (Å²) in [6.07, 6.45) is 0. The number of para-hydroxylation sites is 1. The second kappa shape index (κ2) is 7.92. The van der Waals surface area contributed by atoms with Gasteiger partial charge in [-0.25, -0.2) is 8.42 Å². The topological polar surface area (TPSA) is 102 Å². The van der Waals surface area contributed by atoms with Gasteiger partial charge in [-0.05, 0) is 36.4 Å². The number of anilines is 1. The summed E-state index contributed by atoms with van der Waals surface area (Å²) in [5.41, 5.74) is 1.91. The highest BCUT2D eigenvalue weighted by atomic mass is 32.2. The van der Waals surface area contributed by atoms with Crippen molar-refractivity contribution in [1.29, 1.82) is 0 Å². The molecule has 8 nitrogen and oxygen atoms in total. The van der Waals surface area contributed by atoms with E-state index < -0.39 is 15.9 Å². The van der Waals surface area contributed by atoms with Gasteiger partial charge < -0.3 is 14.6 Å². The largest absolute Gasteiger partial charge is 0.488 e. The zero-order valence-electron chi connectivity index (χ0n) is 16.6. The van der Waals surface area contributed by atoms with Gasteiger partial charge in [0.2, 0.25) is 10.0 Å². The number of fused-ring (bicyclic) bond motifs is 3. The number of rotatable bonds is 6. The zero-order chi connectivity index (χ0) is 21.3. The number of carbonyl (C=O) groups is 1. The number of ether oxygens (including phenoxy) is 1. The first-order valence-corrected chi connectivity index (χ1v) is 11.0.